The third kappa shape index (κ3) is 22.1. The van der Waals surface area contributed by atoms with Gasteiger partial charge < -0.3 is 0 Å². The van der Waals surface area contributed by atoms with E-state index in [0.717, 1.165) is 19.3 Å². The van der Waals surface area contributed by atoms with Crippen LogP contribution in [-0.2, 0) is 19.7 Å². The molecule has 1 unspecified atom stereocenters. The van der Waals surface area contributed by atoms with Gasteiger partial charge in [0.1, 0.15) is 0 Å². The summed E-state index contributed by atoms with van der Waals surface area (Å²) in [6.07, 6.45) is 23.7. The van der Waals surface area contributed by atoms with Crippen molar-refractivity contribution in [3.05, 3.63) is 0 Å². The molecule has 4 heteroatoms. The minimum Gasteiger partial charge on any atom is -0.268 e. The number of unbranched alkanes of at least 4 members (excludes halogenated alkanes) is 16. The molecule has 0 N–H and O–H groups in total. The fraction of sp³-hybridized carbons (Fsp3) is 1.00. The number of rotatable bonds is 22. The largest absolute Gasteiger partial charge is 0.304 e. The maximum absolute atomic E-state index is 11.3. The smallest absolute Gasteiger partial charge is 0.268 e. The van der Waals surface area contributed by atoms with Gasteiger partial charge in [0.2, 0.25) is 0 Å². The number of hydrogen-bond donors (Lipinski definition) is 0. The zero-order valence-electron chi connectivity index (χ0n) is 17.8. The molecule has 0 aliphatic carbocycles. The first-order valence-corrected chi connectivity index (χ1v) is 12.5. The molecule has 0 amide bonds. The molecular weight excluding hydrogens is 344 g/mol. The van der Waals surface area contributed by atoms with Gasteiger partial charge in [-0.1, -0.05) is 117 Å². The van der Waals surface area contributed by atoms with E-state index >= 15 is 0 Å². The van der Waals surface area contributed by atoms with Crippen LogP contribution in [0, 0.1) is 0 Å². The SMILES string of the molecule is CCCCCCCCCCCCCCCCCCOS(=O)OCCCC. The fourth-order valence-corrected chi connectivity index (χ4v) is 3.66. The van der Waals surface area contributed by atoms with Crippen LogP contribution in [0.2, 0.25) is 0 Å². The van der Waals surface area contributed by atoms with Gasteiger partial charge in [0.15, 0.2) is 0 Å². The highest BCUT2D eigenvalue weighted by molar-refractivity contribution is 7.75. The summed E-state index contributed by atoms with van der Waals surface area (Å²) in [5.74, 6) is 0. The lowest BCUT2D eigenvalue weighted by Gasteiger charge is -2.04. The summed E-state index contributed by atoms with van der Waals surface area (Å²) in [7, 11) is 0. The Hall–Kier alpha value is 0.0700. The first-order chi connectivity index (χ1) is 12.8. The van der Waals surface area contributed by atoms with Crippen molar-refractivity contribution in [2.75, 3.05) is 13.2 Å². The zero-order valence-corrected chi connectivity index (χ0v) is 18.6. The molecule has 158 valence electrons. The quantitative estimate of drug-likeness (QED) is 0.178. The lowest BCUT2D eigenvalue weighted by atomic mass is 10.0. The molecule has 0 bridgehead atoms. The third-order valence-corrected chi connectivity index (χ3v) is 5.57. The third-order valence-electron chi connectivity index (χ3n) is 4.85. The topological polar surface area (TPSA) is 35.5 Å². The summed E-state index contributed by atoms with van der Waals surface area (Å²) in [4.78, 5) is 0. The van der Waals surface area contributed by atoms with Crippen LogP contribution in [0.25, 0.3) is 0 Å². The zero-order chi connectivity index (χ0) is 19.1. The minimum absolute atomic E-state index is 0.530. The summed E-state index contributed by atoms with van der Waals surface area (Å²) < 4.78 is 21.6. The molecule has 0 radical (unpaired) electrons. The highest BCUT2D eigenvalue weighted by atomic mass is 32.2. The van der Waals surface area contributed by atoms with E-state index in [1.54, 1.807) is 0 Å². The maximum atomic E-state index is 11.3. The maximum Gasteiger partial charge on any atom is 0.304 e. The monoisotopic (exact) mass is 390 g/mol. The van der Waals surface area contributed by atoms with Crippen molar-refractivity contribution in [1.82, 2.24) is 0 Å². The van der Waals surface area contributed by atoms with E-state index in [4.69, 9.17) is 8.37 Å². The highest BCUT2D eigenvalue weighted by Crippen LogP contribution is 2.13. The van der Waals surface area contributed by atoms with Crippen molar-refractivity contribution >= 4 is 11.4 Å². The lowest BCUT2D eigenvalue weighted by Crippen LogP contribution is -2.04. The van der Waals surface area contributed by atoms with E-state index in [-0.39, 0.29) is 0 Å². The van der Waals surface area contributed by atoms with E-state index < -0.39 is 11.4 Å². The normalized spacial score (nSPS) is 12.5. The van der Waals surface area contributed by atoms with E-state index in [1.165, 1.54) is 96.3 Å². The Morgan fingerprint density at radius 3 is 1.15 bits per heavy atom. The highest BCUT2D eigenvalue weighted by Gasteiger charge is 2.00. The molecule has 0 spiro atoms. The van der Waals surface area contributed by atoms with Crippen LogP contribution >= 0.6 is 0 Å². The van der Waals surface area contributed by atoms with Gasteiger partial charge in [-0.15, -0.1) is 0 Å². The minimum atomic E-state index is -1.54. The molecule has 0 aromatic carbocycles. The Morgan fingerprint density at radius 2 is 0.769 bits per heavy atom. The summed E-state index contributed by atoms with van der Waals surface area (Å²) in [5.41, 5.74) is 0. The van der Waals surface area contributed by atoms with Gasteiger partial charge in [-0.2, -0.15) is 4.21 Å². The van der Waals surface area contributed by atoms with Gasteiger partial charge in [-0.3, -0.25) is 8.37 Å². The van der Waals surface area contributed by atoms with Crippen LogP contribution in [0.4, 0.5) is 0 Å². The van der Waals surface area contributed by atoms with Crippen LogP contribution in [0.15, 0.2) is 0 Å². The standard InChI is InChI=1S/C22H46O3S/c1-3-5-7-8-9-10-11-12-13-14-15-16-17-18-19-20-22-25-26(23)24-21-6-4-2/h3-22H2,1-2H3. The molecule has 0 aromatic heterocycles. The summed E-state index contributed by atoms with van der Waals surface area (Å²) >= 11 is -1.54. The number of hydrogen-bond acceptors (Lipinski definition) is 3. The summed E-state index contributed by atoms with van der Waals surface area (Å²) in [6.45, 7) is 5.45. The van der Waals surface area contributed by atoms with Gasteiger partial charge >= 0.3 is 11.4 Å². The van der Waals surface area contributed by atoms with Crippen LogP contribution < -0.4 is 0 Å². The Bertz CT molecular complexity index is 285. The van der Waals surface area contributed by atoms with Gasteiger partial charge in [0.05, 0.1) is 13.2 Å². The molecule has 0 saturated heterocycles. The Morgan fingerprint density at radius 1 is 0.462 bits per heavy atom. The van der Waals surface area contributed by atoms with E-state index in [0.29, 0.717) is 13.2 Å². The van der Waals surface area contributed by atoms with Crippen molar-refractivity contribution in [3.8, 4) is 0 Å². The lowest BCUT2D eigenvalue weighted by molar-refractivity contribution is 0.242. The van der Waals surface area contributed by atoms with Crippen LogP contribution in [0.5, 0.6) is 0 Å². The van der Waals surface area contributed by atoms with Crippen molar-refractivity contribution in [2.45, 2.75) is 129 Å². The molecule has 0 aliphatic rings. The van der Waals surface area contributed by atoms with Crippen LogP contribution in [0.3, 0.4) is 0 Å². The van der Waals surface area contributed by atoms with Gasteiger partial charge in [0.25, 0.3) is 0 Å². The predicted molar refractivity (Wildman–Crippen MR) is 115 cm³/mol. The fourth-order valence-electron chi connectivity index (χ4n) is 3.08. The Balaban J connectivity index is 3.06. The Kier molecular flexibility index (Phi) is 23.2. The second kappa shape index (κ2) is 23.1. The molecule has 0 rings (SSSR count). The van der Waals surface area contributed by atoms with Crippen LogP contribution in [-0.4, -0.2) is 17.4 Å². The average molecular weight is 391 g/mol. The first-order valence-electron chi connectivity index (χ1n) is 11.5. The molecule has 0 aromatic rings. The second-order valence-corrected chi connectivity index (χ2v) is 8.38. The molecule has 3 nitrogen and oxygen atoms in total. The second-order valence-electron chi connectivity index (χ2n) is 7.50. The predicted octanol–water partition coefficient (Wildman–Crippen LogP) is 7.66. The van der Waals surface area contributed by atoms with Gasteiger partial charge in [-0.05, 0) is 12.8 Å². The van der Waals surface area contributed by atoms with E-state index in [9.17, 15) is 4.21 Å². The first kappa shape index (κ1) is 26.1. The van der Waals surface area contributed by atoms with Crippen molar-refractivity contribution in [3.63, 3.8) is 0 Å². The molecule has 0 saturated carbocycles. The van der Waals surface area contributed by atoms with Crippen molar-refractivity contribution in [1.29, 1.82) is 0 Å². The van der Waals surface area contributed by atoms with E-state index in [1.807, 2.05) is 0 Å². The molecule has 0 fully saturated rings. The summed E-state index contributed by atoms with van der Waals surface area (Å²) in [6, 6.07) is 0. The molecular formula is C22H46O3S. The van der Waals surface area contributed by atoms with Crippen LogP contribution in [0.1, 0.15) is 129 Å². The van der Waals surface area contributed by atoms with Crippen molar-refractivity contribution < 1.29 is 12.6 Å². The molecule has 0 aliphatic heterocycles. The molecule has 26 heavy (non-hydrogen) atoms. The van der Waals surface area contributed by atoms with Gasteiger partial charge in [0, 0.05) is 0 Å². The molecule has 0 heterocycles. The van der Waals surface area contributed by atoms with E-state index in [2.05, 4.69) is 13.8 Å². The van der Waals surface area contributed by atoms with Crippen molar-refractivity contribution in [2.24, 2.45) is 0 Å². The summed E-state index contributed by atoms with van der Waals surface area (Å²) in [5, 5.41) is 0. The average Bonchev–Trinajstić information content (AvgIpc) is 2.64. The van der Waals surface area contributed by atoms with Gasteiger partial charge in [-0.25, -0.2) is 0 Å². The molecule has 1 atom stereocenters. The Labute approximate surface area is 166 Å².